The molecule has 1 aromatic carbocycles. The van der Waals surface area contributed by atoms with Gasteiger partial charge in [0.05, 0.1) is 0 Å². The number of nitrogens with two attached hydrogens (primary N) is 1. The van der Waals surface area contributed by atoms with Crippen LogP contribution >= 0.6 is 22.6 Å². The van der Waals surface area contributed by atoms with Crippen LogP contribution in [-0.4, -0.2) is 8.42 Å². The lowest BCUT2D eigenvalue weighted by Crippen LogP contribution is -2.30. The molecule has 72 valence electrons. The summed E-state index contributed by atoms with van der Waals surface area (Å²) in [5.41, 5.74) is 0.890. The van der Waals surface area contributed by atoms with E-state index in [0.717, 1.165) is 9.13 Å². The SMILES string of the molecule is NS(=O)(=O)NCc1cccc(I)c1. The van der Waals surface area contributed by atoms with Gasteiger partial charge in [0.1, 0.15) is 0 Å². The highest BCUT2D eigenvalue weighted by Crippen LogP contribution is 2.07. The Morgan fingerprint density at radius 1 is 1.46 bits per heavy atom. The Morgan fingerprint density at radius 3 is 2.69 bits per heavy atom. The van der Waals surface area contributed by atoms with E-state index in [1.807, 2.05) is 24.3 Å². The van der Waals surface area contributed by atoms with Gasteiger partial charge in [0.15, 0.2) is 0 Å². The number of hydrogen-bond acceptors (Lipinski definition) is 2. The normalized spacial score (nSPS) is 11.5. The predicted octanol–water partition coefficient (Wildman–Crippen LogP) is 0.584. The Labute approximate surface area is 90.8 Å². The van der Waals surface area contributed by atoms with Crippen LogP contribution in [0.15, 0.2) is 24.3 Å². The van der Waals surface area contributed by atoms with Crippen molar-refractivity contribution in [2.45, 2.75) is 6.54 Å². The molecule has 0 spiro atoms. The van der Waals surface area contributed by atoms with Crippen LogP contribution in [0.2, 0.25) is 0 Å². The average Bonchev–Trinajstić information content (AvgIpc) is 2.00. The van der Waals surface area contributed by atoms with Crippen LogP contribution in [0.1, 0.15) is 5.56 Å². The molecule has 3 N–H and O–H groups in total. The summed E-state index contributed by atoms with van der Waals surface area (Å²) in [5.74, 6) is 0. The van der Waals surface area contributed by atoms with Gasteiger partial charge in [-0.15, -0.1) is 0 Å². The standard InChI is InChI=1S/C7H9IN2O2S/c8-7-3-1-2-6(4-7)5-10-13(9,11)12/h1-4,10H,5H2,(H2,9,11,12). The van der Waals surface area contributed by atoms with Crippen molar-refractivity contribution in [3.05, 3.63) is 33.4 Å². The van der Waals surface area contributed by atoms with Gasteiger partial charge >= 0.3 is 0 Å². The van der Waals surface area contributed by atoms with Crippen LogP contribution in [-0.2, 0) is 16.8 Å². The fraction of sp³-hybridized carbons (Fsp3) is 0.143. The molecule has 13 heavy (non-hydrogen) atoms. The first-order valence-corrected chi connectivity index (χ1v) is 6.12. The van der Waals surface area contributed by atoms with E-state index in [1.54, 1.807) is 0 Å². The second-order valence-corrected chi connectivity index (χ2v) is 5.12. The molecule has 0 aromatic heterocycles. The smallest absolute Gasteiger partial charge is 0.216 e. The Hall–Kier alpha value is -0.180. The molecule has 0 unspecified atom stereocenters. The zero-order valence-electron chi connectivity index (χ0n) is 6.70. The third kappa shape index (κ3) is 4.55. The molecule has 0 bridgehead atoms. The van der Waals surface area contributed by atoms with Crippen LogP contribution in [0.25, 0.3) is 0 Å². The highest BCUT2D eigenvalue weighted by atomic mass is 127. The van der Waals surface area contributed by atoms with E-state index in [4.69, 9.17) is 5.14 Å². The maximum absolute atomic E-state index is 10.6. The van der Waals surface area contributed by atoms with Gasteiger partial charge in [-0.3, -0.25) is 0 Å². The first kappa shape index (κ1) is 10.9. The Kier molecular flexibility index (Phi) is 3.65. The molecular formula is C7H9IN2O2S. The highest BCUT2D eigenvalue weighted by Gasteiger charge is 2.00. The zero-order chi connectivity index (χ0) is 9.90. The van der Waals surface area contributed by atoms with E-state index >= 15 is 0 Å². The van der Waals surface area contributed by atoms with E-state index < -0.39 is 10.2 Å². The minimum Gasteiger partial charge on any atom is -0.216 e. The number of rotatable bonds is 3. The fourth-order valence-corrected chi connectivity index (χ4v) is 1.81. The van der Waals surface area contributed by atoms with Gasteiger partial charge in [-0.1, -0.05) is 12.1 Å². The van der Waals surface area contributed by atoms with Crippen molar-refractivity contribution in [3.8, 4) is 0 Å². The molecule has 0 aliphatic rings. The topological polar surface area (TPSA) is 72.2 Å². The zero-order valence-corrected chi connectivity index (χ0v) is 9.67. The number of halogens is 1. The Balaban J connectivity index is 2.65. The van der Waals surface area contributed by atoms with Crippen LogP contribution < -0.4 is 9.86 Å². The lowest BCUT2D eigenvalue weighted by atomic mass is 10.2. The number of nitrogens with one attached hydrogen (secondary N) is 1. The molecule has 0 heterocycles. The van der Waals surface area contributed by atoms with Gasteiger partial charge in [0, 0.05) is 10.1 Å². The van der Waals surface area contributed by atoms with E-state index in [2.05, 4.69) is 27.3 Å². The van der Waals surface area contributed by atoms with Crippen molar-refractivity contribution in [3.63, 3.8) is 0 Å². The molecule has 0 aliphatic heterocycles. The van der Waals surface area contributed by atoms with Crippen molar-refractivity contribution in [1.29, 1.82) is 0 Å². The lowest BCUT2D eigenvalue weighted by Gasteiger charge is -2.02. The molecule has 0 saturated carbocycles. The first-order valence-electron chi connectivity index (χ1n) is 3.49. The third-order valence-corrected chi connectivity index (χ3v) is 2.58. The quantitative estimate of drug-likeness (QED) is 0.802. The first-order chi connectivity index (χ1) is 5.97. The van der Waals surface area contributed by atoms with Gasteiger partial charge < -0.3 is 0 Å². The molecule has 6 heteroatoms. The van der Waals surface area contributed by atoms with Gasteiger partial charge in [0.2, 0.25) is 0 Å². The van der Waals surface area contributed by atoms with Gasteiger partial charge in [-0.05, 0) is 40.3 Å². The molecule has 0 fully saturated rings. The summed E-state index contributed by atoms with van der Waals surface area (Å²) in [5, 5.41) is 4.78. The van der Waals surface area contributed by atoms with Crippen molar-refractivity contribution in [2.75, 3.05) is 0 Å². The molecule has 0 aliphatic carbocycles. The third-order valence-electron chi connectivity index (χ3n) is 1.37. The predicted molar refractivity (Wildman–Crippen MR) is 59.1 cm³/mol. The maximum atomic E-state index is 10.6. The van der Waals surface area contributed by atoms with Crippen LogP contribution in [0.4, 0.5) is 0 Å². The molecule has 0 atom stereocenters. The second-order valence-electron chi connectivity index (χ2n) is 2.50. The summed E-state index contributed by atoms with van der Waals surface area (Å²) in [7, 11) is -3.59. The molecule has 0 amide bonds. The fourth-order valence-electron chi connectivity index (χ4n) is 0.831. The summed E-state index contributed by atoms with van der Waals surface area (Å²) in [6.45, 7) is 0.232. The minimum atomic E-state index is -3.59. The van der Waals surface area contributed by atoms with Crippen molar-refractivity contribution < 1.29 is 8.42 Å². The summed E-state index contributed by atoms with van der Waals surface area (Å²) in [4.78, 5) is 0. The molecule has 1 rings (SSSR count). The van der Waals surface area contributed by atoms with Gasteiger partial charge in [0.25, 0.3) is 10.2 Å². The summed E-state index contributed by atoms with van der Waals surface area (Å²) in [6, 6.07) is 7.52. The molecular weight excluding hydrogens is 303 g/mol. The van der Waals surface area contributed by atoms with E-state index in [9.17, 15) is 8.42 Å². The van der Waals surface area contributed by atoms with Crippen molar-refractivity contribution >= 4 is 32.8 Å². The number of benzene rings is 1. The van der Waals surface area contributed by atoms with Crippen molar-refractivity contribution in [1.82, 2.24) is 4.72 Å². The Bertz CT molecular complexity index is 391. The molecule has 0 radical (unpaired) electrons. The van der Waals surface area contributed by atoms with Gasteiger partial charge in [-0.25, -0.2) is 5.14 Å². The average molecular weight is 312 g/mol. The largest absolute Gasteiger partial charge is 0.274 e. The lowest BCUT2D eigenvalue weighted by molar-refractivity contribution is 0.583. The minimum absolute atomic E-state index is 0.232. The summed E-state index contributed by atoms with van der Waals surface area (Å²) in [6.07, 6.45) is 0. The van der Waals surface area contributed by atoms with E-state index in [-0.39, 0.29) is 6.54 Å². The van der Waals surface area contributed by atoms with Crippen LogP contribution in [0.3, 0.4) is 0 Å². The van der Waals surface area contributed by atoms with Crippen LogP contribution in [0, 0.1) is 3.57 Å². The summed E-state index contributed by atoms with van der Waals surface area (Å²) >= 11 is 2.16. The Morgan fingerprint density at radius 2 is 2.15 bits per heavy atom. The molecule has 0 saturated heterocycles. The van der Waals surface area contributed by atoms with Crippen LogP contribution in [0.5, 0.6) is 0 Å². The monoisotopic (exact) mass is 312 g/mol. The highest BCUT2D eigenvalue weighted by molar-refractivity contribution is 14.1. The van der Waals surface area contributed by atoms with E-state index in [0.29, 0.717) is 0 Å². The summed E-state index contributed by atoms with van der Waals surface area (Å²) < 4.78 is 24.4. The second kappa shape index (κ2) is 4.36. The van der Waals surface area contributed by atoms with Crippen molar-refractivity contribution in [2.24, 2.45) is 5.14 Å². The number of hydrogen-bond donors (Lipinski definition) is 2. The molecule has 4 nitrogen and oxygen atoms in total. The maximum Gasteiger partial charge on any atom is 0.274 e. The molecule has 1 aromatic rings. The van der Waals surface area contributed by atoms with Gasteiger partial charge in [-0.2, -0.15) is 13.1 Å². The van der Waals surface area contributed by atoms with E-state index in [1.165, 1.54) is 0 Å².